The Kier molecular flexibility index (Phi) is 5.45. The van der Waals surface area contributed by atoms with Crippen molar-refractivity contribution in [1.82, 2.24) is 4.98 Å². The number of anilines is 1. The summed E-state index contributed by atoms with van der Waals surface area (Å²) >= 11 is 6.31. The molecule has 1 fully saturated rings. The van der Waals surface area contributed by atoms with E-state index in [9.17, 15) is 9.90 Å². The Morgan fingerprint density at radius 3 is 2.71 bits per heavy atom. The molecule has 5 heteroatoms. The van der Waals surface area contributed by atoms with E-state index in [4.69, 9.17) is 11.6 Å². The van der Waals surface area contributed by atoms with Gasteiger partial charge in [0.1, 0.15) is 5.82 Å². The van der Waals surface area contributed by atoms with E-state index >= 15 is 0 Å². The summed E-state index contributed by atoms with van der Waals surface area (Å²) < 4.78 is 0. The lowest BCUT2D eigenvalue weighted by Gasteiger charge is -2.31. The number of hydrogen-bond donors (Lipinski definition) is 1. The van der Waals surface area contributed by atoms with Gasteiger partial charge in [0.25, 0.3) is 0 Å². The van der Waals surface area contributed by atoms with Crippen LogP contribution in [-0.2, 0) is 0 Å². The van der Waals surface area contributed by atoms with E-state index in [1.165, 1.54) is 18.9 Å². The van der Waals surface area contributed by atoms with Crippen LogP contribution in [0.25, 0.3) is 0 Å². The van der Waals surface area contributed by atoms with Crippen LogP contribution in [0.2, 0.25) is 5.02 Å². The van der Waals surface area contributed by atoms with E-state index in [1.54, 1.807) is 6.20 Å². The van der Waals surface area contributed by atoms with Crippen LogP contribution >= 0.6 is 11.6 Å². The number of hydrogen-bond acceptors (Lipinski definition) is 3. The number of carbonyl (C=O) groups is 1. The Labute approximate surface area is 131 Å². The molecule has 0 aromatic carbocycles. The van der Waals surface area contributed by atoms with Gasteiger partial charge in [0.15, 0.2) is 0 Å². The molecule has 1 N–H and O–H groups in total. The summed E-state index contributed by atoms with van der Waals surface area (Å²) in [5.41, 5.74) is 0.134. The van der Waals surface area contributed by atoms with Gasteiger partial charge >= 0.3 is 5.97 Å². The molecule has 1 aromatic rings. The molecule has 0 saturated heterocycles. The Balaban J connectivity index is 2.31. The highest BCUT2D eigenvalue weighted by Gasteiger charge is 2.27. The first-order chi connectivity index (χ1) is 10.0. The van der Waals surface area contributed by atoms with Crippen molar-refractivity contribution in [2.24, 2.45) is 5.92 Å². The van der Waals surface area contributed by atoms with Gasteiger partial charge in [-0.25, -0.2) is 9.78 Å². The quantitative estimate of drug-likeness (QED) is 0.854. The number of nitrogens with zero attached hydrogens (tertiary/aromatic N) is 2. The van der Waals surface area contributed by atoms with Gasteiger partial charge in [-0.1, -0.05) is 38.3 Å². The Morgan fingerprint density at radius 1 is 1.48 bits per heavy atom. The minimum absolute atomic E-state index is 0.134. The van der Waals surface area contributed by atoms with Crippen LogP contribution in [0.4, 0.5) is 5.82 Å². The van der Waals surface area contributed by atoms with Crippen molar-refractivity contribution in [1.29, 1.82) is 0 Å². The van der Waals surface area contributed by atoms with E-state index < -0.39 is 5.97 Å². The number of halogens is 1. The number of carboxylic acids is 1. The fraction of sp³-hybridized carbons (Fsp3) is 0.625. The number of carboxylic acid groups (broad SMARTS) is 1. The second-order valence-electron chi connectivity index (χ2n) is 6.12. The van der Waals surface area contributed by atoms with Gasteiger partial charge in [-0.3, -0.25) is 0 Å². The summed E-state index contributed by atoms with van der Waals surface area (Å²) in [4.78, 5) is 17.9. The zero-order valence-corrected chi connectivity index (χ0v) is 13.4. The van der Waals surface area contributed by atoms with Crippen LogP contribution in [0.5, 0.6) is 0 Å². The summed E-state index contributed by atoms with van der Waals surface area (Å²) in [5.74, 6) is 0.221. The van der Waals surface area contributed by atoms with Crippen molar-refractivity contribution in [3.05, 3.63) is 22.8 Å². The van der Waals surface area contributed by atoms with Crippen LogP contribution in [0.1, 0.15) is 56.3 Å². The number of aromatic carboxylic acids is 1. The first-order valence-corrected chi connectivity index (χ1v) is 8.03. The van der Waals surface area contributed by atoms with E-state index in [0.29, 0.717) is 17.8 Å². The first-order valence-electron chi connectivity index (χ1n) is 7.65. The molecule has 116 valence electrons. The molecule has 0 aliphatic heterocycles. The third-order valence-corrected chi connectivity index (χ3v) is 4.46. The van der Waals surface area contributed by atoms with Crippen LogP contribution in [0, 0.1) is 5.92 Å². The molecule has 21 heavy (non-hydrogen) atoms. The SMILES string of the molecule is CC(C)CCN(c1nccc(C(=O)O)c1Cl)C1CCCC1. The second-order valence-corrected chi connectivity index (χ2v) is 6.49. The van der Waals surface area contributed by atoms with Crippen molar-refractivity contribution in [2.45, 2.75) is 52.0 Å². The summed E-state index contributed by atoms with van der Waals surface area (Å²) in [6.07, 6.45) is 7.30. The molecule has 0 spiro atoms. The summed E-state index contributed by atoms with van der Waals surface area (Å²) in [6.45, 7) is 5.25. The van der Waals surface area contributed by atoms with Gasteiger partial charge < -0.3 is 10.0 Å². The minimum atomic E-state index is -1.00. The molecule has 0 unspecified atom stereocenters. The van der Waals surface area contributed by atoms with E-state index in [2.05, 4.69) is 23.7 Å². The van der Waals surface area contributed by atoms with E-state index in [0.717, 1.165) is 25.8 Å². The highest BCUT2D eigenvalue weighted by molar-refractivity contribution is 6.35. The highest BCUT2D eigenvalue weighted by atomic mass is 35.5. The normalized spacial score (nSPS) is 15.6. The van der Waals surface area contributed by atoms with Gasteiger partial charge in [-0.2, -0.15) is 0 Å². The van der Waals surface area contributed by atoms with E-state index in [1.807, 2.05) is 0 Å². The maximum Gasteiger partial charge on any atom is 0.337 e. The minimum Gasteiger partial charge on any atom is -0.478 e. The van der Waals surface area contributed by atoms with Gasteiger partial charge in [-0.15, -0.1) is 0 Å². The van der Waals surface area contributed by atoms with Crippen LogP contribution in [0.3, 0.4) is 0 Å². The number of aromatic nitrogens is 1. The molecule has 2 rings (SSSR count). The lowest BCUT2D eigenvalue weighted by molar-refractivity contribution is 0.0697. The Bertz CT molecular complexity index is 499. The monoisotopic (exact) mass is 310 g/mol. The summed E-state index contributed by atoms with van der Waals surface area (Å²) in [5, 5.41) is 9.49. The molecule has 1 saturated carbocycles. The summed E-state index contributed by atoms with van der Waals surface area (Å²) in [6, 6.07) is 1.89. The van der Waals surface area contributed by atoms with Gasteiger partial charge in [0.05, 0.1) is 10.6 Å². The maximum atomic E-state index is 11.3. The zero-order valence-electron chi connectivity index (χ0n) is 12.7. The highest BCUT2D eigenvalue weighted by Crippen LogP contribution is 2.33. The lowest BCUT2D eigenvalue weighted by Crippen LogP contribution is -2.35. The molecule has 1 heterocycles. The Morgan fingerprint density at radius 2 is 2.14 bits per heavy atom. The third kappa shape index (κ3) is 3.88. The molecule has 1 aromatic heterocycles. The predicted molar refractivity (Wildman–Crippen MR) is 85.3 cm³/mol. The van der Waals surface area contributed by atoms with Crippen molar-refractivity contribution < 1.29 is 9.90 Å². The Hall–Kier alpha value is -1.29. The predicted octanol–water partition coefficient (Wildman–Crippen LogP) is 4.23. The average molecular weight is 311 g/mol. The lowest BCUT2D eigenvalue weighted by atomic mass is 10.1. The van der Waals surface area contributed by atoms with Crippen LogP contribution in [0.15, 0.2) is 12.3 Å². The van der Waals surface area contributed by atoms with Crippen molar-refractivity contribution in [2.75, 3.05) is 11.4 Å². The van der Waals surface area contributed by atoms with Crippen LogP contribution in [-0.4, -0.2) is 28.6 Å². The van der Waals surface area contributed by atoms with Crippen LogP contribution < -0.4 is 4.90 Å². The van der Waals surface area contributed by atoms with Crippen molar-refractivity contribution in [3.63, 3.8) is 0 Å². The third-order valence-electron chi connectivity index (χ3n) is 4.09. The standard InChI is InChI=1S/C16H23ClN2O2/c1-11(2)8-10-19(12-5-3-4-6-12)15-14(17)13(16(20)21)7-9-18-15/h7,9,11-12H,3-6,8,10H2,1-2H3,(H,20,21). The second kappa shape index (κ2) is 7.12. The van der Waals surface area contributed by atoms with Crippen molar-refractivity contribution in [3.8, 4) is 0 Å². The largest absolute Gasteiger partial charge is 0.478 e. The number of pyridine rings is 1. The van der Waals surface area contributed by atoms with Crippen molar-refractivity contribution >= 4 is 23.4 Å². The average Bonchev–Trinajstić information content (AvgIpc) is 2.94. The molecule has 0 amide bonds. The van der Waals surface area contributed by atoms with Gasteiger partial charge in [0, 0.05) is 18.8 Å². The molecule has 1 aliphatic rings. The smallest absolute Gasteiger partial charge is 0.337 e. The topological polar surface area (TPSA) is 53.4 Å². The molecular formula is C16H23ClN2O2. The maximum absolute atomic E-state index is 11.3. The number of rotatable bonds is 6. The molecular weight excluding hydrogens is 288 g/mol. The molecule has 0 atom stereocenters. The first kappa shape index (κ1) is 16.1. The molecule has 4 nitrogen and oxygen atoms in total. The molecule has 1 aliphatic carbocycles. The summed E-state index contributed by atoms with van der Waals surface area (Å²) in [7, 11) is 0. The van der Waals surface area contributed by atoms with Gasteiger partial charge in [-0.05, 0) is 31.2 Å². The van der Waals surface area contributed by atoms with Gasteiger partial charge in [0.2, 0.25) is 0 Å². The fourth-order valence-corrected chi connectivity index (χ4v) is 3.17. The molecule has 0 radical (unpaired) electrons. The zero-order chi connectivity index (χ0) is 15.4. The molecule has 0 bridgehead atoms. The fourth-order valence-electron chi connectivity index (χ4n) is 2.87. The van der Waals surface area contributed by atoms with E-state index in [-0.39, 0.29) is 10.6 Å².